The number of nitrogens with zero attached hydrogens (tertiary/aromatic N) is 3. The molecule has 0 atom stereocenters. The predicted molar refractivity (Wildman–Crippen MR) is 124 cm³/mol. The molecule has 152 valence electrons. The largest absolute Gasteiger partial charge is 0.398 e. The Morgan fingerprint density at radius 2 is 2.00 bits per heavy atom. The number of nitrogen functional groups attached to an aromatic ring is 1. The van der Waals surface area contributed by atoms with Crippen LogP contribution in [0.3, 0.4) is 0 Å². The van der Waals surface area contributed by atoms with Gasteiger partial charge in [-0.1, -0.05) is 23.8 Å². The average molecular weight is 429 g/mol. The number of hydrogen-bond donors (Lipinski definition) is 1. The van der Waals surface area contributed by atoms with E-state index in [9.17, 15) is 4.79 Å². The molecule has 5 nitrogen and oxygen atoms in total. The maximum Gasteiger partial charge on any atom is 0.230 e. The number of hydrogen-bond acceptors (Lipinski definition) is 5. The molecule has 1 amide bonds. The van der Waals surface area contributed by atoms with Crippen molar-refractivity contribution in [3.8, 4) is 0 Å². The number of carbonyl (C=O) groups excluding carboxylic acids is 1. The van der Waals surface area contributed by atoms with Crippen molar-refractivity contribution in [2.45, 2.75) is 33.2 Å². The van der Waals surface area contributed by atoms with E-state index in [2.05, 4.69) is 11.0 Å². The zero-order chi connectivity index (χ0) is 19.7. The SMILES string of the molecule is CC(=O)N(c1ccc(C)cc1)c1nc(CN2CCCc3c(N)cccc32)cs1.Cl. The maximum atomic E-state index is 12.3. The summed E-state index contributed by atoms with van der Waals surface area (Å²) in [6.45, 7) is 5.31. The molecular weight excluding hydrogens is 404 g/mol. The number of halogens is 1. The topological polar surface area (TPSA) is 62.5 Å². The number of aromatic nitrogens is 1. The first-order valence-electron chi connectivity index (χ1n) is 9.47. The molecule has 1 aliphatic rings. The Hall–Kier alpha value is -2.57. The van der Waals surface area contributed by atoms with Crippen LogP contribution in [-0.2, 0) is 17.8 Å². The molecule has 1 aliphatic heterocycles. The van der Waals surface area contributed by atoms with Crippen molar-refractivity contribution in [2.75, 3.05) is 22.1 Å². The Kier molecular flexibility index (Phi) is 6.45. The van der Waals surface area contributed by atoms with Gasteiger partial charge in [-0.3, -0.25) is 9.69 Å². The van der Waals surface area contributed by atoms with Gasteiger partial charge in [0.15, 0.2) is 5.13 Å². The van der Waals surface area contributed by atoms with E-state index in [4.69, 9.17) is 10.7 Å². The van der Waals surface area contributed by atoms with Crippen LogP contribution in [0.5, 0.6) is 0 Å². The lowest BCUT2D eigenvalue weighted by Crippen LogP contribution is -2.29. The van der Waals surface area contributed by atoms with Crippen molar-refractivity contribution in [1.82, 2.24) is 4.98 Å². The molecule has 2 heterocycles. The number of anilines is 4. The van der Waals surface area contributed by atoms with Crippen LogP contribution in [0, 0.1) is 6.92 Å². The van der Waals surface area contributed by atoms with Gasteiger partial charge >= 0.3 is 0 Å². The van der Waals surface area contributed by atoms with Crippen LogP contribution in [0.25, 0.3) is 0 Å². The van der Waals surface area contributed by atoms with E-state index in [1.54, 1.807) is 11.8 Å². The number of carbonyl (C=O) groups is 1. The standard InChI is InChI=1S/C22H24N4OS.ClH/c1-15-8-10-18(11-9-15)26(16(2)27)22-24-17(14-28-22)13-25-12-4-5-19-20(23)6-3-7-21(19)25;/h3,6-11,14H,4-5,12-13,23H2,1-2H3;1H. The van der Waals surface area contributed by atoms with Gasteiger partial charge in [0.05, 0.1) is 17.9 Å². The molecule has 0 radical (unpaired) electrons. The molecule has 4 rings (SSSR count). The van der Waals surface area contributed by atoms with E-state index in [-0.39, 0.29) is 18.3 Å². The second-order valence-electron chi connectivity index (χ2n) is 7.18. The van der Waals surface area contributed by atoms with Crippen LogP contribution in [0.15, 0.2) is 47.8 Å². The summed E-state index contributed by atoms with van der Waals surface area (Å²) < 4.78 is 0. The number of rotatable bonds is 4. The van der Waals surface area contributed by atoms with Crippen LogP contribution in [-0.4, -0.2) is 17.4 Å². The molecular formula is C22H25ClN4OS. The lowest BCUT2D eigenvalue weighted by molar-refractivity contribution is -0.115. The minimum Gasteiger partial charge on any atom is -0.398 e. The number of amides is 1. The maximum absolute atomic E-state index is 12.3. The van der Waals surface area contributed by atoms with Gasteiger partial charge in [0.1, 0.15) is 0 Å². The second kappa shape index (κ2) is 8.84. The molecule has 1 aromatic heterocycles. The highest BCUT2D eigenvalue weighted by Crippen LogP contribution is 2.34. The van der Waals surface area contributed by atoms with E-state index >= 15 is 0 Å². The lowest BCUT2D eigenvalue weighted by Gasteiger charge is -2.31. The molecule has 0 fully saturated rings. The molecule has 3 aromatic rings. The molecule has 2 N–H and O–H groups in total. The fourth-order valence-corrected chi connectivity index (χ4v) is 4.56. The molecule has 0 aliphatic carbocycles. The number of thiazole rings is 1. The minimum absolute atomic E-state index is 0. The molecule has 0 bridgehead atoms. The Bertz CT molecular complexity index is 1000. The number of benzene rings is 2. The first-order valence-corrected chi connectivity index (χ1v) is 10.3. The Morgan fingerprint density at radius 1 is 1.24 bits per heavy atom. The highest BCUT2D eigenvalue weighted by atomic mass is 35.5. The number of aryl methyl sites for hydroxylation is 1. The van der Waals surface area contributed by atoms with Gasteiger partial charge in [-0.25, -0.2) is 4.98 Å². The van der Waals surface area contributed by atoms with Crippen molar-refractivity contribution in [1.29, 1.82) is 0 Å². The van der Waals surface area contributed by atoms with Gasteiger partial charge in [-0.05, 0) is 49.6 Å². The summed E-state index contributed by atoms with van der Waals surface area (Å²) in [5, 5.41) is 2.75. The first kappa shape index (κ1) is 21.1. The zero-order valence-electron chi connectivity index (χ0n) is 16.6. The fourth-order valence-electron chi connectivity index (χ4n) is 3.68. The summed E-state index contributed by atoms with van der Waals surface area (Å²) >= 11 is 1.50. The van der Waals surface area contributed by atoms with E-state index < -0.39 is 0 Å². The van der Waals surface area contributed by atoms with Crippen LogP contribution in [0.2, 0.25) is 0 Å². The van der Waals surface area contributed by atoms with Crippen LogP contribution in [0.1, 0.15) is 30.2 Å². The molecule has 0 saturated carbocycles. The highest BCUT2D eigenvalue weighted by molar-refractivity contribution is 7.14. The molecule has 7 heteroatoms. The average Bonchev–Trinajstić information content (AvgIpc) is 3.12. The van der Waals surface area contributed by atoms with Gasteiger partial charge in [-0.2, -0.15) is 0 Å². The summed E-state index contributed by atoms with van der Waals surface area (Å²) in [7, 11) is 0. The van der Waals surface area contributed by atoms with E-state index in [1.807, 2.05) is 48.7 Å². The molecule has 0 spiro atoms. The fraction of sp³-hybridized carbons (Fsp3) is 0.273. The summed E-state index contributed by atoms with van der Waals surface area (Å²) in [6.07, 6.45) is 2.10. The van der Waals surface area contributed by atoms with Crippen molar-refractivity contribution < 1.29 is 4.79 Å². The van der Waals surface area contributed by atoms with Crippen molar-refractivity contribution in [3.05, 3.63) is 64.7 Å². The van der Waals surface area contributed by atoms with Crippen molar-refractivity contribution in [2.24, 2.45) is 0 Å². The van der Waals surface area contributed by atoms with E-state index in [1.165, 1.54) is 22.6 Å². The third-order valence-corrected chi connectivity index (χ3v) is 5.95. The molecule has 2 aromatic carbocycles. The number of nitrogens with two attached hydrogens (primary N) is 1. The monoisotopic (exact) mass is 428 g/mol. The molecule has 29 heavy (non-hydrogen) atoms. The van der Waals surface area contributed by atoms with Gasteiger partial charge < -0.3 is 10.6 Å². The smallest absolute Gasteiger partial charge is 0.230 e. The quantitative estimate of drug-likeness (QED) is 0.587. The van der Waals surface area contributed by atoms with Crippen LogP contribution < -0.4 is 15.5 Å². The minimum atomic E-state index is -0.0409. The number of fused-ring (bicyclic) bond motifs is 1. The lowest BCUT2D eigenvalue weighted by atomic mass is 10.00. The summed E-state index contributed by atoms with van der Waals surface area (Å²) in [5.74, 6) is -0.0409. The summed E-state index contributed by atoms with van der Waals surface area (Å²) in [5.41, 5.74) is 12.4. The first-order chi connectivity index (χ1) is 13.5. The third-order valence-electron chi connectivity index (χ3n) is 5.07. The van der Waals surface area contributed by atoms with E-state index in [0.717, 1.165) is 42.0 Å². The zero-order valence-corrected chi connectivity index (χ0v) is 18.2. The van der Waals surface area contributed by atoms with Crippen LogP contribution in [0.4, 0.5) is 22.2 Å². The molecule has 0 saturated heterocycles. The van der Waals surface area contributed by atoms with Crippen LogP contribution >= 0.6 is 23.7 Å². The summed E-state index contributed by atoms with van der Waals surface area (Å²) in [6, 6.07) is 14.0. The van der Waals surface area contributed by atoms with Gasteiger partial charge in [0.25, 0.3) is 0 Å². The highest BCUT2D eigenvalue weighted by Gasteiger charge is 2.21. The normalized spacial score (nSPS) is 12.8. The predicted octanol–water partition coefficient (Wildman–Crippen LogP) is 5.09. The van der Waals surface area contributed by atoms with Gasteiger partial charge in [0, 0.05) is 30.2 Å². The van der Waals surface area contributed by atoms with Crippen molar-refractivity contribution in [3.63, 3.8) is 0 Å². The Morgan fingerprint density at radius 3 is 2.72 bits per heavy atom. The summed E-state index contributed by atoms with van der Waals surface area (Å²) in [4.78, 5) is 21.1. The van der Waals surface area contributed by atoms with E-state index in [0.29, 0.717) is 11.7 Å². The third kappa shape index (κ3) is 4.38. The Balaban J connectivity index is 0.00000240. The molecule has 0 unspecified atom stereocenters. The van der Waals surface area contributed by atoms with Gasteiger partial charge in [-0.15, -0.1) is 23.7 Å². The second-order valence-corrected chi connectivity index (χ2v) is 8.02. The van der Waals surface area contributed by atoms with Gasteiger partial charge in [0.2, 0.25) is 5.91 Å². The Labute approximate surface area is 181 Å². The van der Waals surface area contributed by atoms with Crippen molar-refractivity contribution >= 4 is 51.8 Å².